The topological polar surface area (TPSA) is 46.5 Å². The molecule has 0 radical (unpaired) electrons. The van der Waals surface area contributed by atoms with Crippen LogP contribution in [0.3, 0.4) is 0 Å². The van der Waals surface area contributed by atoms with E-state index in [1.54, 1.807) is 6.20 Å². The summed E-state index contributed by atoms with van der Waals surface area (Å²) in [6.07, 6.45) is 5.59. The van der Waals surface area contributed by atoms with Crippen molar-refractivity contribution in [2.75, 3.05) is 0 Å². The maximum absolute atomic E-state index is 4.37. The summed E-state index contributed by atoms with van der Waals surface area (Å²) in [6, 6.07) is 10.3. The molecule has 0 atom stereocenters. The van der Waals surface area contributed by atoms with Gasteiger partial charge in [0.05, 0.1) is 0 Å². The lowest BCUT2D eigenvalue weighted by Gasteiger charge is -2.06. The largest absolute Gasteiger partial charge is 0.340 e. The number of aryl methyl sites for hydroxylation is 1. The van der Waals surface area contributed by atoms with Crippen molar-refractivity contribution in [3.63, 3.8) is 0 Å². The molecule has 4 heteroatoms. The summed E-state index contributed by atoms with van der Waals surface area (Å²) in [5, 5.41) is 0. The van der Waals surface area contributed by atoms with Crippen molar-refractivity contribution in [3.8, 4) is 11.6 Å². The minimum Gasteiger partial charge on any atom is -0.340 e. The second-order valence-corrected chi connectivity index (χ2v) is 4.28. The van der Waals surface area contributed by atoms with E-state index in [0.29, 0.717) is 0 Å². The fraction of sp³-hybridized carbons (Fsp3) is 0.143. The van der Waals surface area contributed by atoms with E-state index in [1.807, 2.05) is 37.5 Å². The van der Waals surface area contributed by atoms with E-state index in [1.165, 1.54) is 5.56 Å². The summed E-state index contributed by atoms with van der Waals surface area (Å²) in [7, 11) is 0. The van der Waals surface area contributed by atoms with Crippen molar-refractivity contribution in [2.45, 2.75) is 13.5 Å². The van der Waals surface area contributed by atoms with Crippen LogP contribution in [0.15, 0.2) is 48.9 Å². The van der Waals surface area contributed by atoms with Crippen LogP contribution < -0.4 is 0 Å². The Morgan fingerprint density at radius 2 is 2.00 bits per heavy atom. The summed E-state index contributed by atoms with van der Waals surface area (Å²) in [5.74, 6) is 1.68. The molecule has 4 nitrogen and oxygen atoms in total. The monoisotopic (exact) mass is 238 g/mol. The molecule has 0 spiro atoms. The summed E-state index contributed by atoms with van der Waals surface area (Å²) in [4.78, 5) is 11.9. The molecular weight excluding hydrogens is 224 g/mol. The number of hydrogen-bond donors (Lipinski definition) is 1. The van der Waals surface area contributed by atoms with Crippen molar-refractivity contribution in [3.05, 3.63) is 60.2 Å². The van der Waals surface area contributed by atoms with Crippen LogP contribution in [0.4, 0.5) is 0 Å². The molecule has 0 aliphatic heterocycles. The SMILES string of the molecule is Cc1cnc(-c2nccn2Cc2ccccc2)[nH]1. The van der Waals surface area contributed by atoms with Crippen LogP contribution in [0.1, 0.15) is 11.3 Å². The van der Waals surface area contributed by atoms with Crippen LogP contribution in [-0.2, 0) is 6.54 Å². The van der Waals surface area contributed by atoms with Crippen molar-refractivity contribution >= 4 is 0 Å². The van der Waals surface area contributed by atoms with Gasteiger partial charge in [0.15, 0.2) is 11.6 Å². The number of rotatable bonds is 3. The highest BCUT2D eigenvalue weighted by molar-refractivity contribution is 5.44. The van der Waals surface area contributed by atoms with Gasteiger partial charge >= 0.3 is 0 Å². The van der Waals surface area contributed by atoms with Crippen LogP contribution in [0.25, 0.3) is 11.6 Å². The molecular formula is C14H14N4. The van der Waals surface area contributed by atoms with E-state index >= 15 is 0 Å². The number of H-pyrrole nitrogens is 1. The van der Waals surface area contributed by atoms with Gasteiger partial charge in [-0.15, -0.1) is 0 Å². The van der Waals surface area contributed by atoms with Gasteiger partial charge in [-0.1, -0.05) is 30.3 Å². The van der Waals surface area contributed by atoms with Crippen LogP contribution in [0, 0.1) is 6.92 Å². The number of aromatic nitrogens is 4. The van der Waals surface area contributed by atoms with Gasteiger partial charge < -0.3 is 9.55 Å². The predicted molar refractivity (Wildman–Crippen MR) is 70.1 cm³/mol. The first kappa shape index (κ1) is 10.8. The highest BCUT2D eigenvalue weighted by atomic mass is 15.1. The normalized spacial score (nSPS) is 10.7. The molecule has 0 amide bonds. The van der Waals surface area contributed by atoms with E-state index in [9.17, 15) is 0 Å². The second-order valence-electron chi connectivity index (χ2n) is 4.28. The van der Waals surface area contributed by atoms with Crippen LogP contribution >= 0.6 is 0 Å². The predicted octanol–water partition coefficient (Wildman–Crippen LogP) is 2.63. The lowest BCUT2D eigenvalue weighted by molar-refractivity contribution is 0.801. The Labute approximate surface area is 105 Å². The van der Waals surface area contributed by atoms with E-state index in [0.717, 1.165) is 23.9 Å². The molecule has 0 aliphatic rings. The summed E-state index contributed by atoms with van der Waals surface area (Å²) in [6.45, 7) is 2.79. The van der Waals surface area contributed by atoms with Crippen LogP contribution in [0.2, 0.25) is 0 Å². The maximum Gasteiger partial charge on any atom is 0.176 e. The number of benzene rings is 1. The van der Waals surface area contributed by atoms with Crippen molar-refractivity contribution in [1.29, 1.82) is 0 Å². The second kappa shape index (κ2) is 4.49. The lowest BCUT2D eigenvalue weighted by Crippen LogP contribution is -2.01. The van der Waals surface area contributed by atoms with Crippen molar-refractivity contribution in [2.24, 2.45) is 0 Å². The van der Waals surface area contributed by atoms with Crippen molar-refractivity contribution in [1.82, 2.24) is 19.5 Å². The Balaban J connectivity index is 1.93. The highest BCUT2D eigenvalue weighted by Gasteiger charge is 2.09. The number of imidazole rings is 2. The van der Waals surface area contributed by atoms with Gasteiger partial charge in [0.2, 0.25) is 0 Å². The smallest absolute Gasteiger partial charge is 0.176 e. The third-order valence-electron chi connectivity index (χ3n) is 2.83. The molecule has 2 heterocycles. The number of nitrogens with one attached hydrogen (secondary N) is 1. The third-order valence-corrected chi connectivity index (χ3v) is 2.83. The van der Waals surface area contributed by atoms with Gasteiger partial charge in [0.25, 0.3) is 0 Å². The maximum atomic E-state index is 4.37. The fourth-order valence-electron chi connectivity index (χ4n) is 1.96. The highest BCUT2D eigenvalue weighted by Crippen LogP contribution is 2.15. The molecule has 0 bridgehead atoms. The van der Waals surface area contributed by atoms with Gasteiger partial charge in [0, 0.05) is 30.8 Å². The van der Waals surface area contributed by atoms with E-state index in [2.05, 4.69) is 31.7 Å². The van der Waals surface area contributed by atoms with Gasteiger partial charge in [-0.2, -0.15) is 0 Å². The summed E-state index contributed by atoms with van der Waals surface area (Å²) < 4.78 is 2.09. The van der Waals surface area contributed by atoms with E-state index < -0.39 is 0 Å². The molecule has 0 aliphatic carbocycles. The first-order valence-corrected chi connectivity index (χ1v) is 5.90. The lowest BCUT2D eigenvalue weighted by atomic mass is 10.2. The average molecular weight is 238 g/mol. The fourth-order valence-corrected chi connectivity index (χ4v) is 1.96. The minimum atomic E-state index is 0.802. The molecule has 90 valence electrons. The molecule has 0 saturated heterocycles. The van der Waals surface area contributed by atoms with Gasteiger partial charge in [0.1, 0.15) is 0 Å². The zero-order valence-corrected chi connectivity index (χ0v) is 10.2. The van der Waals surface area contributed by atoms with Gasteiger partial charge in [-0.3, -0.25) is 0 Å². The minimum absolute atomic E-state index is 0.802. The third kappa shape index (κ3) is 2.05. The van der Waals surface area contributed by atoms with Gasteiger partial charge in [-0.25, -0.2) is 9.97 Å². The molecule has 1 N–H and O–H groups in total. The molecule has 0 saturated carbocycles. The Bertz CT molecular complexity index is 637. The summed E-state index contributed by atoms with van der Waals surface area (Å²) in [5.41, 5.74) is 2.29. The Morgan fingerprint density at radius 1 is 1.17 bits per heavy atom. The van der Waals surface area contributed by atoms with E-state index in [-0.39, 0.29) is 0 Å². The van der Waals surface area contributed by atoms with Crippen molar-refractivity contribution < 1.29 is 0 Å². The number of nitrogens with zero attached hydrogens (tertiary/aromatic N) is 3. The Kier molecular flexibility index (Phi) is 2.68. The molecule has 18 heavy (non-hydrogen) atoms. The molecule has 2 aromatic heterocycles. The standard InChI is InChI=1S/C14H14N4/c1-11-9-16-13(17-11)14-15-7-8-18(14)10-12-5-3-2-4-6-12/h2-9H,10H2,1H3,(H,16,17). The first-order valence-electron chi connectivity index (χ1n) is 5.90. The van der Waals surface area contributed by atoms with E-state index in [4.69, 9.17) is 0 Å². The molecule has 0 fully saturated rings. The van der Waals surface area contributed by atoms with Crippen LogP contribution in [0.5, 0.6) is 0 Å². The molecule has 3 rings (SSSR count). The number of hydrogen-bond acceptors (Lipinski definition) is 2. The Hall–Kier alpha value is -2.36. The summed E-state index contributed by atoms with van der Waals surface area (Å²) >= 11 is 0. The Morgan fingerprint density at radius 3 is 2.72 bits per heavy atom. The molecule has 1 aromatic carbocycles. The zero-order chi connectivity index (χ0) is 12.4. The van der Waals surface area contributed by atoms with Gasteiger partial charge in [-0.05, 0) is 12.5 Å². The average Bonchev–Trinajstić information content (AvgIpc) is 2.99. The molecule has 0 unspecified atom stereocenters. The number of aromatic amines is 1. The molecule has 3 aromatic rings. The quantitative estimate of drug-likeness (QED) is 0.762. The zero-order valence-electron chi connectivity index (χ0n) is 10.2. The van der Waals surface area contributed by atoms with Crippen LogP contribution in [-0.4, -0.2) is 19.5 Å². The first-order chi connectivity index (χ1) is 8.83.